The van der Waals surface area contributed by atoms with Gasteiger partial charge in [-0.1, -0.05) is 13.8 Å². The van der Waals surface area contributed by atoms with E-state index >= 15 is 0 Å². The highest BCUT2D eigenvalue weighted by Gasteiger charge is 2.24. The van der Waals surface area contributed by atoms with Gasteiger partial charge < -0.3 is 15.0 Å². The molecule has 1 fully saturated rings. The molecule has 1 saturated heterocycles. The van der Waals surface area contributed by atoms with Gasteiger partial charge in [-0.3, -0.25) is 0 Å². The second-order valence-corrected chi connectivity index (χ2v) is 6.06. The maximum atomic E-state index is 5.20. The molecule has 2 unspecified atom stereocenters. The standard InChI is InChI=1S/C16H28N4O/c1-5-7-17-14-10-16(19-15(18-14)11-21-4)20-8-6-12(2)9-13(20)3/h10,12-13H,5-9,11H2,1-4H3,(H,17,18,19). The van der Waals surface area contributed by atoms with E-state index in [1.807, 2.05) is 0 Å². The highest BCUT2D eigenvalue weighted by Crippen LogP contribution is 2.27. The molecule has 0 aliphatic carbocycles. The largest absolute Gasteiger partial charge is 0.377 e. The molecule has 2 rings (SSSR count). The molecule has 21 heavy (non-hydrogen) atoms. The summed E-state index contributed by atoms with van der Waals surface area (Å²) in [6, 6.07) is 2.60. The molecule has 0 radical (unpaired) electrons. The molecule has 2 heterocycles. The summed E-state index contributed by atoms with van der Waals surface area (Å²) in [4.78, 5) is 11.6. The van der Waals surface area contributed by atoms with Crippen molar-refractivity contribution in [3.05, 3.63) is 11.9 Å². The molecule has 1 N–H and O–H groups in total. The van der Waals surface area contributed by atoms with Gasteiger partial charge in [0.15, 0.2) is 5.82 Å². The molecule has 0 saturated carbocycles. The number of nitrogens with one attached hydrogen (secondary N) is 1. The van der Waals surface area contributed by atoms with Crippen molar-refractivity contribution in [2.45, 2.75) is 52.7 Å². The lowest BCUT2D eigenvalue weighted by Gasteiger charge is -2.37. The van der Waals surface area contributed by atoms with E-state index in [9.17, 15) is 0 Å². The van der Waals surface area contributed by atoms with Gasteiger partial charge in [0.05, 0.1) is 0 Å². The molecule has 0 spiro atoms. The molecule has 0 amide bonds. The van der Waals surface area contributed by atoms with Crippen LogP contribution in [0.3, 0.4) is 0 Å². The SMILES string of the molecule is CCCNc1cc(N2CCC(C)CC2C)nc(COC)n1. The Morgan fingerprint density at radius 2 is 2.19 bits per heavy atom. The number of ether oxygens (including phenoxy) is 1. The van der Waals surface area contributed by atoms with Crippen LogP contribution in [-0.2, 0) is 11.3 Å². The number of hydrogen-bond donors (Lipinski definition) is 1. The number of aromatic nitrogens is 2. The minimum atomic E-state index is 0.452. The van der Waals surface area contributed by atoms with Crippen LogP contribution in [0, 0.1) is 5.92 Å². The van der Waals surface area contributed by atoms with Crippen LogP contribution in [0.15, 0.2) is 6.07 Å². The van der Waals surface area contributed by atoms with Crippen molar-refractivity contribution in [3.63, 3.8) is 0 Å². The van der Waals surface area contributed by atoms with Gasteiger partial charge >= 0.3 is 0 Å². The van der Waals surface area contributed by atoms with E-state index in [4.69, 9.17) is 4.74 Å². The average Bonchev–Trinajstić information content (AvgIpc) is 2.45. The third-order valence-electron chi connectivity index (χ3n) is 4.02. The summed E-state index contributed by atoms with van der Waals surface area (Å²) in [5.41, 5.74) is 0. The van der Waals surface area contributed by atoms with Gasteiger partial charge in [0.1, 0.15) is 18.2 Å². The smallest absolute Gasteiger partial charge is 0.158 e. The summed E-state index contributed by atoms with van der Waals surface area (Å²) >= 11 is 0. The molecule has 0 aromatic carbocycles. The van der Waals surface area contributed by atoms with Crippen LogP contribution in [0.5, 0.6) is 0 Å². The zero-order valence-corrected chi connectivity index (χ0v) is 13.7. The molecule has 1 aliphatic rings. The molecule has 1 aliphatic heterocycles. The van der Waals surface area contributed by atoms with Gasteiger partial charge in [-0.15, -0.1) is 0 Å². The van der Waals surface area contributed by atoms with Crippen LogP contribution < -0.4 is 10.2 Å². The average molecular weight is 292 g/mol. The van der Waals surface area contributed by atoms with Gasteiger partial charge in [0.25, 0.3) is 0 Å². The predicted octanol–water partition coefficient (Wildman–Crippen LogP) is 3.07. The van der Waals surface area contributed by atoms with Crippen LogP contribution in [0.2, 0.25) is 0 Å². The van der Waals surface area contributed by atoms with E-state index in [2.05, 4.69) is 47.0 Å². The normalized spacial score (nSPS) is 22.4. The molecule has 118 valence electrons. The summed E-state index contributed by atoms with van der Waals surface area (Å²) in [5.74, 6) is 3.48. The van der Waals surface area contributed by atoms with Crippen molar-refractivity contribution >= 4 is 11.6 Å². The summed E-state index contributed by atoms with van der Waals surface area (Å²) in [7, 11) is 1.68. The first-order chi connectivity index (χ1) is 10.1. The fraction of sp³-hybridized carbons (Fsp3) is 0.750. The topological polar surface area (TPSA) is 50.3 Å². The van der Waals surface area contributed by atoms with Crippen LogP contribution in [0.25, 0.3) is 0 Å². The lowest BCUT2D eigenvalue weighted by molar-refractivity contribution is 0.178. The highest BCUT2D eigenvalue weighted by molar-refractivity contribution is 5.50. The van der Waals surface area contributed by atoms with Crippen molar-refractivity contribution in [2.75, 3.05) is 30.4 Å². The lowest BCUT2D eigenvalue weighted by atomic mass is 9.93. The minimum Gasteiger partial charge on any atom is -0.377 e. The van der Waals surface area contributed by atoms with Crippen molar-refractivity contribution in [1.29, 1.82) is 0 Å². The third kappa shape index (κ3) is 4.30. The summed E-state index contributed by atoms with van der Waals surface area (Å²) in [6.45, 7) is 9.21. The Bertz CT molecular complexity index is 452. The quantitative estimate of drug-likeness (QED) is 0.873. The highest BCUT2D eigenvalue weighted by atomic mass is 16.5. The first-order valence-electron chi connectivity index (χ1n) is 8.01. The van der Waals surface area contributed by atoms with Crippen molar-refractivity contribution in [3.8, 4) is 0 Å². The second kappa shape index (κ2) is 7.59. The molecular weight excluding hydrogens is 264 g/mol. The van der Waals surface area contributed by atoms with Gasteiger partial charge in [-0.05, 0) is 32.1 Å². The van der Waals surface area contributed by atoms with Gasteiger partial charge in [0, 0.05) is 32.3 Å². The molecular formula is C16H28N4O. The van der Waals surface area contributed by atoms with Crippen LogP contribution >= 0.6 is 0 Å². The van der Waals surface area contributed by atoms with Crippen molar-refractivity contribution in [1.82, 2.24) is 9.97 Å². The Kier molecular flexibility index (Phi) is 5.79. The number of hydrogen-bond acceptors (Lipinski definition) is 5. The number of methoxy groups -OCH3 is 1. The van der Waals surface area contributed by atoms with Crippen LogP contribution in [0.4, 0.5) is 11.6 Å². The van der Waals surface area contributed by atoms with E-state index < -0.39 is 0 Å². The van der Waals surface area contributed by atoms with Crippen LogP contribution in [0.1, 0.15) is 45.9 Å². The first kappa shape index (κ1) is 16.0. The first-order valence-corrected chi connectivity index (χ1v) is 8.01. The molecule has 5 heteroatoms. The second-order valence-electron chi connectivity index (χ2n) is 6.06. The number of anilines is 2. The predicted molar refractivity (Wildman–Crippen MR) is 86.7 cm³/mol. The van der Waals surface area contributed by atoms with Gasteiger partial charge in [0.2, 0.25) is 0 Å². The van der Waals surface area contributed by atoms with Gasteiger partial charge in [-0.2, -0.15) is 0 Å². The minimum absolute atomic E-state index is 0.452. The van der Waals surface area contributed by atoms with E-state index in [-0.39, 0.29) is 0 Å². The number of nitrogens with zero attached hydrogens (tertiary/aromatic N) is 3. The Morgan fingerprint density at radius 1 is 1.38 bits per heavy atom. The third-order valence-corrected chi connectivity index (χ3v) is 4.02. The zero-order chi connectivity index (χ0) is 15.2. The summed E-state index contributed by atoms with van der Waals surface area (Å²) in [6.07, 6.45) is 3.53. The van der Waals surface area contributed by atoms with Crippen molar-refractivity contribution < 1.29 is 4.74 Å². The van der Waals surface area contributed by atoms with E-state index in [1.54, 1.807) is 7.11 Å². The molecule has 1 aromatic heterocycles. The Labute approximate surface area is 128 Å². The molecule has 2 atom stereocenters. The monoisotopic (exact) mass is 292 g/mol. The number of piperidine rings is 1. The van der Waals surface area contributed by atoms with E-state index in [1.165, 1.54) is 12.8 Å². The Hall–Kier alpha value is -1.36. The lowest BCUT2D eigenvalue weighted by Crippen LogP contribution is -2.41. The van der Waals surface area contributed by atoms with Gasteiger partial charge in [-0.25, -0.2) is 9.97 Å². The van der Waals surface area contributed by atoms with E-state index in [0.29, 0.717) is 12.6 Å². The fourth-order valence-electron chi connectivity index (χ4n) is 2.92. The number of rotatable bonds is 6. The Balaban J connectivity index is 2.21. The maximum absolute atomic E-state index is 5.20. The van der Waals surface area contributed by atoms with Crippen molar-refractivity contribution in [2.24, 2.45) is 5.92 Å². The molecule has 0 bridgehead atoms. The molecule has 1 aromatic rings. The summed E-state index contributed by atoms with van der Waals surface area (Å²) < 4.78 is 5.20. The maximum Gasteiger partial charge on any atom is 0.158 e. The zero-order valence-electron chi connectivity index (χ0n) is 13.7. The summed E-state index contributed by atoms with van der Waals surface area (Å²) in [5, 5.41) is 3.36. The Morgan fingerprint density at radius 3 is 2.86 bits per heavy atom. The fourth-order valence-corrected chi connectivity index (χ4v) is 2.92. The van der Waals surface area contributed by atoms with Crippen LogP contribution in [-0.4, -0.2) is 36.2 Å². The molecule has 5 nitrogen and oxygen atoms in total. The van der Waals surface area contributed by atoms with E-state index in [0.717, 1.165) is 42.9 Å².